The van der Waals surface area contributed by atoms with Crippen molar-refractivity contribution in [1.29, 1.82) is 0 Å². The molecular weight excluding hydrogens is 394 g/mol. The highest BCUT2D eigenvalue weighted by Gasteiger charge is 2.50. The van der Waals surface area contributed by atoms with Gasteiger partial charge < -0.3 is 19.3 Å². The number of aliphatic hydroxyl groups is 1. The molecule has 0 radical (unpaired) electrons. The minimum absolute atomic E-state index is 0.114. The van der Waals surface area contributed by atoms with Gasteiger partial charge in [-0.2, -0.15) is 0 Å². The molecule has 4 unspecified atom stereocenters. The van der Waals surface area contributed by atoms with Crippen LogP contribution >= 0.6 is 0 Å². The van der Waals surface area contributed by atoms with E-state index in [0.29, 0.717) is 12.8 Å². The van der Waals surface area contributed by atoms with Gasteiger partial charge in [0.2, 0.25) is 6.79 Å². The first-order valence-electron chi connectivity index (χ1n) is 11.0. The lowest BCUT2D eigenvalue weighted by Crippen LogP contribution is -2.51. The summed E-state index contributed by atoms with van der Waals surface area (Å²) in [7, 11) is 0. The van der Waals surface area contributed by atoms with Crippen LogP contribution in [0.4, 0.5) is 0 Å². The maximum Gasteiger partial charge on any atom is 0.306 e. The smallest absolute Gasteiger partial charge is 0.306 e. The maximum absolute atomic E-state index is 12.8. The predicted octanol–water partition coefficient (Wildman–Crippen LogP) is 2.93. The molecule has 4 aliphatic rings. The number of aryl methyl sites for hydroxylation is 1. The number of nitrogens with zero attached hydrogens (tertiary/aromatic N) is 1. The van der Waals surface area contributed by atoms with Crippen LogP contribution in [0.3, 0.4) is 0 Å². The summed E-state index contributed by atoms with van der Waals surface area (Å²) in [5.74, 6) is 1.10. The van der Waals surface area contributed by atoms with Gasteiger partial charge in [0.05, 0.1) is 0 Å². The van der Waals surface area contributed by atoms with E-state index in [-0.39, 0.29) is 24.7 Å². The quantitative estimate of drug-likeness (QED) is 0.607. The van der Waals surface area contributed by atoms with Gasteiger partial charge in [-0.15, -0.1) is 0 Å². The van der Waals surface area contributed by atoms with E-state index in [2.05, 4.69) is 4.90 Å². The third kappa shape index (κ3) is 3.22. The summed E-state index contributed by atoms with van der Waals surface area (Å²) in [5.41, 5.74) is 4.60. The number of ether oxygens (including phenoxy) is 3. The molecule has 6 rings (SSSR count). The second kappa shape index (κ2) is 7.39. The van der Waals surface area contributed by atoms with Crippen molar-refractivity contribution >= 4 is 5.97 Å². The molecule has 2 aromatic carbocycles. The monoisotopic (exact) mass is 419 g/mol. The molecule has 6 heteroatoms. The van der Waals surface area contributed by atoms with Gasteiger partial charge in [0.15, 0.2) is 11.5 Å². The summed E-state index contributed by atoms with van der Waals surface area (Å²) in [6.07, 6.45) is 2.34. The van der Waals surface area contributed by atoms with E-state index < -0.39 is 12.2 Å². The van der Waals surface area contributed by atoms with Crippen LogP contribution in [0.15, 0.2) is 54.1 Å². The van der Waals surface area contributed by atoms with Crippen molar-refractivity contribution in [2.24, 2.45) is 0 Å². The molecule has 0 amide bonds. The lowest BCUT2D eigenvalue weighted by molar-refractivity contribution is -0.157. The van der Waals surface area contributed by atoms with E-state index >= 15 is 0 Å². The number of aliphatic hydroxyl groups excluding tert-OH is 1. The fraction of sp³-hybridized carbons (Fsp3) is 0.400. The van der Waals surface area contributed by atoms with Crippen LogP contribution in [0.1, 0.15) is 35.4 Å². The third-order valence-electron chi connectivity index (χ3n) is 6.97. The molecule has 1 saturated heterocycles. The maximum atomic E-state index is 12.8. The number of rotatable bonds is 4. The molecule has 6 nitrogen and oxygen atoms in total. The molecule has 0 spiro atoms. The van der Waals surface area contributed by atoms with E-state index in [1.54, 1.807) is 0 Å². The zero-order valence-corrected chi connectivity index (χ0v) is 17.2. The van der Waals surface area contributed by atoms with Gasteiger partial charge >= 0.3 is 5.97 Å². The van der Waals surface area contributed by atoms with Gasteiger partial charge in [-0.25, -0.2) is 0 Å². The third-order valence-corrected chi connectivity index (χ3v) is 6.97. The second-order valence-electron chi connectivity index (χ2n) is 8.77. The summed E-state index contributed by atoms with van der Waals surface area (Å²) in [5, 5.41) is 11.0. The number of benzene rings is 2. The first kappa shape index (κ1) is 18.9. The van der Waals surface area contributed by atoms with Crippen molar-refractivity contribution in [3.8, 4) is 11.5 Å². The molecule has 0 aromatic heterocycles. The Balaban J connectivity index is 1.30. The highest BCUT2D eigenvalue weighted by atomic mass is 16.7. The van der Waals surface area contributed by atoms with Gasteiger partial charge in [0, 0.05) is 31.5 Å². The predicted molar refractivity (Wildman–Crippen MR) is 113 cm³/mol. The number of fused-ring (bicyclic) bond motifs is 3. The first-order chi connectivity index (χ1) is 15.2. The molecule has 3 aliphatic heterocycles. The Morgan fingerprint density at radius 2 is 1.97 bits per heavy atom. The molecule has 0 bridgehead atoms. The van der Waals surface area contributed by atoms with Gasteiger partial charge in [0.25, 0.3) is 0 Å². The number of carbonyl (C=O) groups is 1. The van der Waals surface area contributed by atoms with E-state index in [0.717, 1.165) is 47.7 Å². The Kier molecular flexibility index (Phi) is 4.51. The van der Waals surface area contributed by atoms with Crippen LogP contribution < -0.4 is 9.47 Å². The number of hydrogen-bond acceptors (Lipinski definition) is 6. The molecule has 0 saturated carbocycles. The number of esters is 1. The molecule has 160 valence electrons. The van der Waals surface area contributed by atoms with Crippen LogP contribution in [0.2, 0.25) is 0 Å². The average molecular weight is 419 g/mol. The van der Waals surface area contributed by atoms with Crippen molar-refractivity contribution in [3.63, 3.8) is 0 Å². The molecule has 4 atom stereocenters. The van der Waals surface area contributed by atoms with Crippen LogP contribution in [-0.4, -0.2) is 47.6 Å². The highest BCUT2D eigenvalue weighted by Crippen LogP contribution is 2.50. The van der Waals surface area contributed by atoms with Crippen molar-refractivity contribution in [1.82, 2.24) is 4.90 Å². The lowest BCUT2D eigenvalue weighted by atomic mass is 9.73. The van der Waals surface area contributed by atoms with Crippen LogP contribution in [-0.2, 0) is 22.5 Å². The summed E-state index contributed by atoms with van der Waals surface area (Å²) in [4.78, 5) is 15.2. The van der Waals surface area contributed by atoms with Crippen molar-refractivity contribution in [2.45, 2.75) is 50.0 Å². The number of carbonyl (C=O) groups excluding carboxylic acids is 1. The Hall–Kier alpha value is -2.83. The van der Waals surface area contributed by atoms with Crippen molar-refractivity contribution < 1.29 is 24.1 Å². The topological polar surface area (TPSA) is 68.2 Å². The number of hydrogen-bond donors (Lipinski definition) is 1. The summed E-state index contributed by atoms with van der Waals surface area (Å²) >= 11 is 0. The normalized spacial score (nSPS) is 28.0. The van der Waals surface area contributed by atoms with Crippen LogP contribution in [0.5, 0.6) is 11.5 Å². The lowest BCUT2D eigenvalue weighted by Gasteiger charge is -2.45. The molecule has 1 N–H and O–H groups in total. The molecule has 31 heavy (non-hydrogen) atoms. The van der Waals surface area contributed by atoms with Gasteiger partial charge in [0.1, 0.15) is 12.2 Å². The molecule has 1 aliphatic carbocycles. The van der Waals surface area contributed by atoms with Crippen molar-refractivity contribution in [2.75, 3.05) is 13.3 Å². The fourth-order valence-electron chi connectivity index (χ4n) is 5.58. The van der Waals surface area contributed by atoms with Gasteiger partial charge in [-0.3, -0.25) is 9.69 Å². The Morgan fingerprint density at radius 3 is 2.81 bits per heavy atom. The largest absolute Gasteiger partial charge is 0.459 e. The molecule has 2 aromatic rings. The standard InChI is InChI=1S/C25H25NO5/c27-19-10-16-8-9-26-13-17-11-20-21(30-14-29-20)12-18(17)23(24(16)26)25(19)31-22(28)7-6-15-4-2-1-3-5-15/h1-5,10-12,19,23-25,27H,6-9,13-14H2. The summed E-state index contributed by atoms with van der Waals surface area (Å²) in [6, 6.07) is 14.1. The van der Waals surface area contributed by atoms with E-state index in [1.807, 2.05) is 48.5 Å². The fourth-order valence-corrected chi connectivity index (χ4v) is 5.58. The summed E-state index contributed by atoms with van der Waals surface area (Å²) < 4.78 is 17.2. The van der Waals surface area contributed by atoms with E-state index in [4.69, 9.17) is 14.2 Å². The highest BCUT2D eigenvalue weighted by molar-refractivity contribution is 5.70. The first-order valence-corrected chi connectivity index (χ1v) is 11.0. The molecular formula is C25H25NO5. The van der Waals surface area contributed by atoms with E-state index in [9.17, 15) is 9.90 Å². The van der Waals surface area contributed by atoms with Gasteiger partial charge in [-0.1, -0.05) is 42.0 Å². The Bertz CT molecular complexity index is 1050. The zero-order valence-electron chi connectivity index (χ0n) is 17.2. The Labute approximate surface area is 181 Å². The summed E-state index contributed by atoms with van der Waals surface area (Å²) in [6.45, 7) is 2.00. The molecule has 1 fully saturated rings. The average Bonchev–Trinajstić information content (AvgIpc) is 3.40. The van der Waals surface area contributed by atoms with Gasteiger partial charge in [-0.05, 0) is 41.7 Å². The Morgan fingerprint density at radius 1 is 1.16 bits per heavy atom. The zero-order chi connectivity index (χ0) is 20.9. The second-order valence-corrected chi connectivity index (χ2v) is 8.77. The SMILES string of the molecule is O=C(CCc1ccccc1)OC1C(O)C=C2CCN3Cc4cc5c(cc4C1C23)OCO5. The van der Waals surface area contributed by atoms with Crippen LogP contribution in [0, 0.1) is 0 Å². The minimum atomic E-state index is -0.812. The van der Waals surface area contributed by atoms with E-state index in [1.165, 1.54) is 5.57 Å². The molecule has 3 heterocycles. The van der Waals surface area contributed by atoms with Crippen LogP contribution in [0.25, 0.3) is 0 Å². The van der Waals surface area contributed by atoms with Crippen molar-refractivity contribution in [3.05, 3.63) is 70.8 Å². The minimum Gasteiger partial charge on any atom is -0.459 e.